The molecule has 1 aromatic rings. The number of nitrogens with two attached hydrogens (primary N) is 1. The number of nitrogens with zero attached hydrogens (tertiary/aromatic N) is 2. The molecule has 0 aliphatic carbocycles. The van der Waals surface area contributed by atoms with Gasteiger partial charge in [0.15, 0.2) is 0 Å². The van der Waals surface area contributed by atoms with Crippen LogP contribution in [0.15, 0.2) is 12.3 Å². The Labute approximate surface area is 122 Å². The third-order valence-electron chi connectivity index (χ3n) is 3.75. The summed E-state index contributed by atoms with van der Waals surface area (Å²) < 4.78 is 7.83. The Kier molecular flexibility index (Phi) is 7.80. The fourth-order valence-corrected chi connectivity index (χ4v) is 2.34. The molecule has 20 heavy (non-hydrogen) atoms. The molecule has 3 N–H and O–H groups in total. The number of hydrogen-bond acceptors (Lipinski definition) is 4. The summed E-state index contributed by atoms with van der Waals surface area (Å²) in [6, 6.07) is 2.62. The van der Waals surface area contributed by atoms with Gasteiger partial charge in [-0.25, -0.2) is 0 Å². The quantitative estimate of drug-likeness (QED) is 0.511. The van der Waals surface area contributed by atoms with Gasteiger partial charge in [0, 0.05) is 25.3 Å². The van der Waals surface area contributed by atoms with Gasteiger partial charge in [-0.1, -0.05) is 20.3 Å². The first-order valence-corrected chi connectivity index (χ1v) is 7.77. The van der Waals surface area contributed by atoms with E-state index >= 15 is 0 Å². The minimum atomic E-state index is 0.107. The summed E-state index contributed by atoms with van der Waals surface area (Å²) in [7, 11) is 0. The second-order valence-electron chi connectivity index (χ2n) is 5.30. The largest absolute Gasteiger partial charge is 0.377 e. The van der Waals surface area contributed by atoms with E-state index in [1.54, 1.807) is 0 Å². The van der Waals surface area contributed by atoms with E-state index in [1.807, 2.05) is 17.8 Å². The van der Waals surface area contributed by atoms with Crippen molar-refractivity contribution in [2.24, 2.45) is 5.84 Å². The summed E-state index contributed by atoms with van der Waals surface area (Å²) >= 11 is 0. The van der Waals surface area contributed by atoms with Crippen molar-refractivity contribution in [1.29, 1.82) is 0 Å². The first-order chi connectivity index (χ1) is 9.65. The van der Waals surface area contributed by atoms with Crippen LogP contribution in [0.25, 0.3) is 0 Å². The molecule has 3 unspecified atom stereocenters. The van der Waals surface area contributed by atoms with Gasteiger partial charge in [0.1, 0.15) is 0 Å². The van der Waals surface area contributed by atoms with Crippen molar-refractivity contribution in [3.63, 3.8) is 0 Å². The summed E-state index contributed by atoms with van der Waals surface area (Å²) in [5, 5.41) is 4.64. The maximum Gasteiger partial charge on any atom is 0.0745 e. The van der Waals surface area contributed by atoms with E-state index in [4.69, 9.17) is 10.6 Å². The lowest BCUT2D eigenvalue weighted by molar-refractivity contribution is 0.0279. The van der Waals surface area contributed by atoms with E-state index in [2.05, 4.69) is 37.4 Å². The molecule has 0 aliphatic heterocycles. The second-order valence-corrected chi connectivity index (χ2v) is 5.30. The molecular weight excluding hydrogens is 252 g/mol. The average molecular weight is 282 g/mol. The van der Waals surface area contributed by atoms with Crippen molar-refractivity contribution in [3.8, 4) is 0 Å². The van der Waals surface area contributed by atoms with Gasteiger partial charge in [-0.2, -0.15) is 5.10 Å². The highest BCUT2D eigenvalue weighted by atomic mass is 16.5. The molecule has 0 radical (unpaired) electrons. The van der Waals surface area contributed by atoms with Gasteiger partial charge in [-0.15, -0.1) is 0 Å². The Morgan fingerprint density at radius 1 is 1.40 bits per heavy atom. The summed E-state index contributed by atoms with van der Waals surface area (Å²) in [5.41, 5.74) is 3.96. The topological polar surface area (TPSA) is 65.1 Å². The number of nitrogens with one attached hydrogen (secondary N) is 1. The van der Waals surface area contributed by atoms with Gasteiger partial charge in [0.05, 0.1) is 17.8 Å². The molecule has 3 atom stereocenters. The first-order valence-electron chi connectivity index (χ1n) is 7.77. The lowest BCUT2D eigenvalue weighted by Gasteiger charge is -2.25. The Hall–Kier alpha value is -0.910. The molecule has 0 saturated heterocycles. The van der Waals surface area contributed by atoms with Crippen LogP contribution < -0.4 is 11.3 Å². The van der Waals surface area contributed by atoms with Crippen LogP contribution in [0.3, 0.4) is 0 Å². The maximum atomic E-state index is 5.81. The van der Waals surface area contributed by atoms with Crippen LogP contribution in [-0.4, -0.2) is 28.5 Å². The van der Waals surface area contributed by atoms with Crippen molar-refractivity contribution < 1.29 is 4.74 Å². The van der Waals surface area contributed by atoms with Crippen molar-refractivity contribution >= 4 is 0 Å². The minimum Gasteiger partial charge on any atom is -0.377 e. The fraction of sp³-hybridized carbons (Fsp3) is 0.800. The highest BCUT2D eigenvalue weighted by molar-refractivity contribution is 5.03. The van der Waals surface area contributed by atoms with Gasteiger partial charge in [0.2, 0.25) is 0 Å². The molecular formula is C15H30N4O. The molecule has 1 heterocycles. The van der Waals surface area contributed by atoms with Gasteiger partial charge in [0.25, 0.3) is 0 Å². The minimum absolute atomic E-state index is 0.107. The van der Waals surface area contributed by atoms with E-state index in [0.29, 0.717) is 12.6 Å². The van der Waals surface area contributed by atoms with Gasteiger partial charge in [-0.3, -0.25) is 16.0 Å². The number of ether oxygens (including phenoxy) is 1. The zero-order chi connectivity index (χ0) is 15.0. The van der Waals surface area contributed by atoms with Crippen molar-refractivity contribution in [1.82, 2.24) is 15.2 Å². The molecule has 0 amide bonds. The molecule has 0 fully saturated rings. The maximum absolute atomic E-state index is 5.81. The summed E-state index contributed by atoms with van der Waals surface area (Å²) in [6.45, 7) is 9.24. The van der Waals surface area contributed by atoms with Crippen LogP contribution in [0.4, 0.5) is 0 Å². The van der Waals surface area contributed by atoms with Crippen LogP contribution in [-0.2, 0) is 11.2 Å². The lowest BCUT2D eigenvalue weighted by Crippen LogP contribution is -2.46. The molecule has 5 nitrogen and oxygen atoms in total. The molecule has 5 heteroatoms. The van der Waals surface area contributed by atoms with Crippen molar-refractivity contribution in [2.45, 2.75) is 71.6 Å². The van der Waals surface area contributed by atoms with Crippen molar-refractivity contribution in [2.75, 3.05) is 6.61 Å². The third-order valence-corrected chi connectivity index (χ3v) is 3.75. The van der Waals surface area contributed by atoms with E-state index in [0.717, 1.165) is 31.4 Å². The van der Waals surface area contributed by atoms with Crippen LogP contribution in [0.2, 0.25) is 0 Å². The second kappa shape index (κ2) is 9.10. The Morgan fingerprint density at radius 2 is 2.15 bits per heavy atom. The van der Waals surface area contributed by atoms with Crippen LogP contribution in [0, 0.1) is 0 Å². The lowest BCUT2D eigenvalue weighted by atomic mass is 10.0. The highest BCUT2D eigenvalue weighted by Gasteiger charge is 2.21. The SMILES string of the molecule is CCCC(OCC)C(Cc1ccn(C(C)CC)n1)NN. The van der Waals surface area contributed by atoms with Crippen LogP contribution >= 0.6 is 0 Å². The Bertz CT molecular complexity index is 361. The number of rotatable bonds is 10. The Balaban J connectivity index is 2.68. The molecule has 116 valence electrons. The fourth-order valence-electron chi connectivity index (χ4n) is 2.34. The number of aromatic nitrogens is 2. The molecule has 0 aromatic carbocycles. The number of hydrazine groups is 1. The molecule has 0 aliphatic rings. The standard InChI is InChI=1S/C15H30N4O/c1-5-8-15(20-7-3)14(17-16)11-13-9-10-19(18-13)12(4)6-2/h9-10,12,14-15,17H,5-8,11,16H2,1-4H3. The zero-order valence-electron chi connectivity index (χ0n) is 13.3. The first kappa shape index (κ1) is 17.1. The van der Waals surface area contributed by atoms with Crippen molar-refractivity contribution in [3.05, 3.63) is 18.0 Å². The zero-order valence-corrected chi connectivity index (χ0v) is 13.3. The molecule has 0 spiro atoms. The monoisotopic (exact) mass is 282 g/mol. The average Bonchev–Trinajstić information content (AvgIpc) is 2.92. The van der Waals surface area contributed by atoms with E-state index in [1.165, 1.54) is 0 Å². The van der Waals surface area contributed by atoms with Gasteiger partial charge >= 0.3 is 0 Å². The van der Waals surface area contributed by atoms with E-state index in [-0.39, 0.29) is 12.1 Å². The molecule has 0 saturated carbocycles. The molecule has 1 aromatic heterocycles. The number of hydrogen-bond donors (Lipinski definition) is 2. The predicted molar refractivity (Wildman–Crippen MR) is 82.4 cm³/mol. The molecule has 1 rings (SSSR count). The molecule has 0 bridgehead atoms. The smallest absolute Gasteiger partial charge is 0.0745 e. The summed E-state index contributed by atoms with van der Waals surface area (Å²) in [4.78, 5) is 0. The Morgan fingerprint density at radius 3 is 2.70 bits per heavy atom. The third kappa shape index (κ3) is 4.89. The summed E-state index contributed by atoms with van der Waals surface area (Å²) in [6.07, 6.45) is 6.16. The van der Waals surface area contributed by atoms with E-state index < -0.39 is 0 Å². The van der Waals surface area contributed by atoms with Crippen LogP contribution in [0.1, 0.15) is 58.7 Å². The highest BCUT2D eigenvalue weighted by Crippen LogP contribution is 2.14. The van der Waals surface area contributed by atoms with Gasteiger partial charge in [-0.05, 0) is 32.8 Å². The van der Waals surface area contributed by atoms with Crippen LogP contribution in [0.5, 0.6) is 0 Å². The normalized spacial score (nSPS) is 16.1. The van der Waals surface area contributed by atoms with Gasteiger partial charge < -0.3 is 4.74 Å². The van der Waals surface area contributed by atoms with E-state index in [9.17, 15) is 0 Å². The predicted octanol–water partition coefficient (Wildman–Crippen LogP) is 2.43. The summed E-state index contributed by atoms with van der Waals surface area (Å²) in [5.74, 6) is 5.71.